The number of carbonyl (C=O) groups is 1. The monoisotopic (exact) mass is 352 g/mol. The molecule has 1 aromatic heterocycles. The van der Waals surface area contributed by atoms with Crippen LogP contribution < -0.4 is 10.6 Å². The van der Waals surface area contributed by atoms with Crippen molar-refractivity contribution in [3.05, 3.63) is 47.9 Å². The molecule has 2 rings (SSSR count). The minimum atomic E-state index is -4.38. The molecule has 0 saturated carbocycles. The molecule has 1 amide bonds. The van der Waals surface area contributed by atoms with Crippen molar-refractivity contribution in [2.24, 2.45) is 0 Å². The first-order valence-electron chi connectivity index (χ1n) is 7.94. The topological polar surface area (TPSA) is 66.9 Å². The standard InChI is InChI=1S/C17H19F3N4O/c1-2-3-4-9-21-16(25)14-10-15(23-11-22-14)24-13-7-5-12(6-8-13)17(18,19)20/h5-8,10-11H,2-4,9H2,1H3,(H,21,25)(H,22,23,24). The van der Waals surface area contributed by atoms with Gasteiger partial charge in [0.25, 0.3) is 5.91 Å². The van der Waals surface area contributed by atoms with Crippen molar-refractivity contribution in [2.75, 3.05) is 11.9 Å². The molecule has 2 N–H and O–H groups in total. The molecule has 1 heterocycles. The van der Waals surface area contributed by atoms with Crippen LogP contribution in [0.5, 0.6) is 0 Å². The lowest BCUT2D eigenvalue weighted by atomic mass is 10.2. The Hall–Kier alpha value is -2.64. The molecule has 0 spiro atoms. The fourth-order valence-corrected chi connectivity index (χ4v) is 2.11. The molecule has 0 saturated heterocycles. The molecular weight excluding hydrogens is 333 g/mol. The minimum Gasteiger partial charge on any atom is -0.351 e. The second-order valence-electron chi connectivity index (χ2n) is 5.45. The first kappa shape index (κ1) is 18.7. The van der Waals surface area contributed by atoms with Crippen LogP contribution in [0.3, 0.4) is 0 Å². The highest BCUT2D eigenvalue weighted by atomic mass is 19.4. The van der Waals surface area contributed by atoms with Crippen LogP contribution in [-0.4, -0.2) is 22.4 Å². The number of aromatic nitrogens is 2. The minimum absolute atomic E-state index is 0.195. The summed E-state index contributed by atoms with van der Waals surface area (Å²) in [5.74, 6) is 0.0161. The summed E-state index contributed by atoms with van der Waals surface area (Å²) in [6.07, 6.45) is -0.163. The third kappa shape index (κ3) is 5.74. The van der Waals surface area contributed by atoms with Gasteiger partial charge in [-0.2, -0.15) is 13.2 Å². The summed E-state index contributed by atoms with van der Waals surface area (Å²) in [5.41, 5.74) is -0.102. The van der Waals surface area contributed by atoms with E-state index in [-0.39, 0.29) is 11.6 Å². The van der Waals surface area contributed by atoms with E-state index in [1.54, 1.807) is 0 Å². The van der Waals surface area contributed by atoms with E-state index in [0.717, 1.165) is 31.4 Å². The number of anilines is 2. The van der Waals surface area contributed by atoms with Crippen molar-refractivity contribution in [1.29, 1.82) is 0 Å². The number of hydrogen-bond donors (Lipinski definition) is 2. The summed E-state index contributed by atoms with van der Waals surface area (Å²) in [5, 5.41) is 5.62. The number of unbranched alkanes of at least 4 members (excludes halogenated alkanes) is 2. The van der Waals surface area contributed by atoms with Crippen molar-refractivity contribution >= 4 is 17.4 Å². The summed E-state index contributed by atoms with van der Waals surface area (Å²) in [6.45, 7) is 2.64. The van der Waals surface area contributed by atoms with Crippen molar-refractivity contribution < 1.29 is 18.0 Å². The zero-order valence-electron chi connectivity index (χ0n) is 13.7. The molecule has 0 fully saturated rings. The molecule has 1 aromatic carbocycles. The van der Waals surface area contributed by atoms with Gasteiger partial charge in [-0.1, -0.05) is 19.8 Å². The molecule has 0 aliphatic rings. The Labute approximate surface area is 143 Å². The first-order chi connectivity index (χ1) is 11.9. The summed E-state index contributed by atoms with van der Waals surface area (Å²) < 4.78 is 37.7. The number of nitrogens with one attached hydrogen (secondary N) is 2. The molecule has 0 aliphatic carbocycles. The molecule has 134 valence electrons. The van der Waals surface area contributed by atoms with Gasteiger partial charge < -0.3 is 10.6 Å². The van der Waals surface area contributed by atoms with Gasteiger partial charge >= 0.3 is 6.18 Å². The molecule has 5 nitrogen and oxygen atoms in total. The second-order valence-corrected chi connectivity index (χ2v) is 5.45. The summed E-state index contributed by atoms with van der Waals surface area (Å²) in [7, 11) is 0. The van der Waals surface area contributed by atoms with Crippen LogP contribution in [0.4, 0.5) is 24.7 Å². The molecular formula is C17H19F3N4O. The van der Waals surface area contributed by atoms with Gasteiger partial charge in [0.2, 0.25) is 0 Å². The van der Waals surface area contributed by atoms with Crippen LogP contribution in [0.1, 0.15) is 42.2 Å². The lowest BCUT2D eigenvalue weighted by Crippen LogP contribution is -2.25. The van der Waals surface area contributed by atoms with E-state index in [1.165, 1.54) is 24.5 Å². The van der Waals surface area contributed by atoms with E-state index in [2.05, 4.69) is 27.5 Å². The quantitative estimate of drug-likeness (QED) is 0.735. The van der Waals surface area contributed by atoms with Crippen molar-refractivity contribution in [1.82, 2.24) is 15.3 Å². The van der Waals surface area contributed by atoms with Gasteiger partial charge in [-0.15, -0.1) is 0 Å². The third-order valence-electron chi connectivity index (χ3n) is 3.45. The zero-order valence-corrected chi connectivity index (χ0v) is 13.7. The number of carbonyl (C=O) groups excluding carboxylic acids is 1. The Bertz CT molecular complexity index is 702. The zero-order chi connectivity index (χ0) is 18.3. The molecule has 0 aliphatic heterocycles. The fraction of sp³-hybridized carbons (Fsp3) is 0.353. The highest BCUT2D eigenvalue weighted by Crippen LogP contribution is 2.30. The Morgan fingerprint density at radius 2 is 1.84 bits per heavy atom. The molecule has 0 unspecified atom stereocenters. The summed E-state index contributed by atoms with van der Waals surface area (Å²) in [4.78, 5) is 19.9. The Balaban J connectivity index is 2.00. The highest BCUT2D eigenvalue weighted by molar-refractivity contribution is 5.92. The van der Waals surface area contributed by atoms with E-state index in [9.17, 15) is 18.0 Å². The average molecular weight is 352 g/mol. The third-order valence-corrected chi connectivity index (χ3v) is 3.45. The van der Waals surface area contributed by atoms with Gasteiger partial charge in [-0.05, 0) is 30.7 Å². The van der Waals surface area contributed by atoms with Crippen molar-refractivity contribution in [2.45, 2.75) is 32.4 Å². The van der Waals surface area contributed by atoms with Gasteiger partial charge in [0.1, 0.15) is 17.8 Å². The summed E-state index contributed by atoms with van der Waals surface area (Å²) >= 11 is 0. The van der Waals surface area contributed by atoms with Crippen LogP contribution >= 0.6 is 0 Å². The maximum absolute atomic E-state index is 12.6. The van der Waals surface area contributed by atoms with E-state index in [0.29, 0.717) is 18.1 Å². The van der Waals surface area contributed by atoms with Crippen molar-refractivity contribution in [3.63, 3.8) is 0 Å². The van der Waals surface area contributed by atoms with Crippen LogP contribution in [0, 0.1) is 0 Å². The maximum atomic E-state index is 12.6. The Morgan fingerprint density at radius 3 is 2.48 bits per heavy atom. The van der Waals surface area contributed by atoms with Gasteiger partial charge in [0.15, 0.2) is 0 Å². The fourth-order valence-electron chi connectivity index (χ4n) is 2.11. The maximum Gasteiger partial charge on any atom is 0.416 e. The van der Waals surface area contributed by atoms with E-state index in [1.807, 2.05) is 0 Å². The van der Waals surface area contributed by atoms with Gasteiger partial charge in [-0.3, -0.25) is 4.79 Å². The molecule has 0 bridgehead atoms. The van der Waals surface area contributed by atoms with E-state index in [4.69, 9.17) is 0 Å². The molecule has 2 aromatic rings. The highest BCUT2D eigenvalue weighted by Gasteiger charge is 2.29. The number of amides is 1. The number of hydrogen-bond acceptors (Lipinski definition) is 4. The molecule has 25 heavy (non-hydrogen) atoms. The van der Waals surface area contributed by atoms with E-state index >= 15 is 0 Å². The van der Waals surface area contributed by atoms with Crippen LogP contribution in [0.15, 0.2) is 36.7 Å². The van der Waals surface area contributed by atoms with Gasteiger partial charge in [0, 0.05) is 18.3 Å². The Morgan fingerprint density at radius 1 is 1.12 bits per heavy atom. The lowest BCUT2D eigenvalue weighted by Gasteiger charge is -2.10. The van der Waals surface area contributed by atoms with Crippen molar-refractivity contribution in [3.8, 4) is 0 Å². The molecule has 8 heteroatoms. The van der Waals surface area contributed by atoms with E-state index < -0.39 is 11.7 Å². The predicted molar refractivity (Wildman–Crippen MR) is 88.6 cm³/mol. The number of rotatable bonds is 7. The SMILES string of the molecule is CCCCCNC(=O)c1cc(Nc2ccc(C(F)(F)F)cc2)ncn1. The normalized spacial score (nSPS) is 11.2. The predicted octanol–water partition coefficient (Wildman–Crippen LogP) is 4.16. The molecule has 0 radical (unpaired) electrons. The number of halogens is 3. The second kappa shape index (κ2) is 8.46. The average Bonchev–Trinajstić information content (AvgIpc) is 2.58. The molecule has 0 atom stereocenters. The largest absolute Gasteiger partial charge is 0.416 e. The smallest absolute Gasteiger partial charge is 0.351 e. The summed E-state index contributed by atoms with van der Waals surface area (Å²) in [6, 6.07) is 6.01. The lowest BCUT2D eigenvalue weighted by molar-refractivity contribution is -0.137. The number of benzene rings is 1. The first-order valence-corrected chi connectivity index (χ1v) is 7.94. The van der Waals surface area contributed by atoms with Crippen LogP contribution in [0.25, 0.3) is 0 Å². The van der Waals surface area contributed by atoms with Crippen LogP contribution in [-0.2, 0) is 6.18 Å². The Kier molecular flexibility index (Phi) is 6.32. The van der Waals surface area contributed by atoms with Gasteiger partial charge in [-0.25, -0.2) is 9.97 Å². The van der Waals surface area contributed by atoms with Crippen LogP contribution in [0.2, 0.25) is 0 Å². The number of nitrogens with zero attached hydrogens (tertiary/aromatic N) is 2. The number of alkyl halides is 3. The van der Waals surface area contributed by atoms with Gasteiger partial charge in [0.05, 0.1) is 5.56 Å².